The van der Waals surface area contributed by atoms with Gasteiger partial charge in [0.05, 0.1) is 0 Å². The smallest absolute Gasteiger partial charge is 0.243 e. The van der Waals surface area contributed by atoms with Crippen LogP contribution in [0, 0.1) is 16.7 Å². The van der Waals surface area contributed by atoms with Gasteiger partial charge in [0.2, 0.25) is 15.9 Å². The van der Waals surface area contributed by atoms with Gasteiger partial charge in [-0.1, -0.05) is 20.8 Å². The standard InChI is InChI=1S/C15H22N2O3S/c1-14(2)10-6-7-15(14,3)12(9-10)20-13-11(21(16,18)19)5-4-8-17-13/h4-5,8,10,12H,6-7,9H2,1-3H3,(H2,16,18,19). The lowest BCUT2D eigenvalue weighted by atomic mass is 9.70. The van der Waals surface area contributed by atoms with E-state index in [-0.39, 0.29) is 27.7 Å². The van der Waals surface area contributed by atoms with Crippen LogP contribution in [0.5, 0.6) is 5.88 Å². The number of sulfonamides is 1. The summed E-state index contributed by atoms with van der Waals surface area (Å²) in [4.78, 5) is 4.06. The minimum atomic E-state index is -3.82. The SMILES string of the molecule is CC1(C)C2CCC1(C)C(Oc1ncccc1S(N)(=O)=O)C2. The Bertz CT molecular complexity index is 671. The highest BCUT2D eigenvalue weighted by Crippen LogP contribution is 2.66. The Balaban J connectivity index is 1.94. The molecule has 1 aromatic rings. The second-order valence-electron chi connectivity index (χ2n) is 7.07. The summed E-state index contributed by atoms with van der Waals surface area (Å²) in [6.07, 6.45) is 4.79. The summed E-state index contributed by atoms with van der Waals surface area (Å²) in [6, 6.07) is 3.00. The molecule has 2 fully saturated rings. The molecular formula is C15H22N2O3S. The molecule has 116 valence electrons. The number of ether oxygens (including phenoxy) is 1. The minimum Gasteiger partial charge on any atom is -0.473 e. The van der Waals surface area contributed by atoms with E-state index in [4.69, 9.17) is 9.88 Å². The van der Waals surface area contributed by atoms with E-state index in [0.717, 1.165) is 12.8 Å². The Kier molecular flexibility index (Phi) is 3.12. The maximum atomic E-state index is 11.7. The van der Waals surface area contributed by atoms with Crippen molar-refractivity contribution in [1.29, 1.82) is 0 Å². The maximum Gasteiger partial charge on any atom is 0.243 e. The third-order valence-electron chi connectivity index (χ3n) is 6.01. The van der Waals surface area contributed by atoms with Crippen molar-refractivity contribution in [3.8, 4) is 5.88 Å². The maximum absolute atomic E-state index is 11.7. The van der Waals surface area contributed by atoms with Crippen LogP contribution < -0.4 is 9.88 Å². The molecule has 3 rings (SSSR count). The van der Waals surface area contributed by atoms with Gasteiger partial charge in [0, 0.05) is 11.6 Å². The molecule has 6 heteroatoms. The van der Waals surface area contributed by atoms with Crippen LogP contribution in [0.25, 0.3) is 0 Å². The number of nitrogens with two attached hydrogens (primary N) is 1. The van der Waals surface area contributed by atoms with Crippen LogP contribution in [0.4, 0.5) is 0 Å². The Labute approximate surface area is 126 Å². The summed E-state index contributed by atoms with van der Waals surface area (Å²) in [5, 5.41) is 5.25. The molecule has 0 spiro atoms. The first-order chi connectivity index (χ1) is 9.66. The normalized spacial score (nSPS) is 34.1. The van der Waals surface area contributed by atoms with E-state index in [1.54, 1.807) is 6.07 Å². The zero-order chi connectivity index (χ0) is 15.5. The van der Waals surface area contributed by atoms with Crippen molar-refractivity contribution in [1.82, 2.24) is 4.98 Å². The molecule has 3 unspecified atom stereocenters. The highest BCUT2D eigenvalue weighted by atomic mass is 32.2. The number of pyridine rings is 1. The molecule has 5 nitrogen and oxygen atoms in total. The van der Waals surface area contributed by atoms with E-state index in [9.17, 15) is 8.42 Å². The molecule has 1 aromatic heterocycles. The molecule has 21 heavy (non-hydrogen) atoms. The Morgan fingerprint density at radius 1 is 1.38 bits per heavy atom. The van der Waals surface area contributed by atoms with Gasteiger partial charge in [-0.25, -0.2) is 18.5 Å². The van der Waals surface area contributed by atoms with Crippen LogP contribution in [0.1, 0.15) is 40.0 Å². The van der Waals surface area contributed by atoms with Gasteiger partial charge in [-0.2, -0.15) is 0 Å². The summed E-state index contributed by atoms with van der Waals surface area (Å²) in [5.74, 6) is 0.753. The first kappa shape index (κ1) is 14.8. The summed E-state index contributed by atoms with van der Waals surface area (Å²) < 4.78 is 29.3. The zero-order valence-electron chi connectivity index (χ0n) is 12.7. The van der Waals surface area contributed by atoms with E-state index >= 15 is 0 Å². The molecule has 2 saturated carbocycles. The Hall–Kier alpha value is -1.14. The molecule has 3 atom stereocenters. The summed E-state index contributed by atoms with van der Waals surface area (Å²) in [5.41, 5.74) is 0.249. The number of rotatable bonds is 3. The van der Waals surface area contributed by atoms with Gasteiger partial charge in [0.1, 0.15) is 11.0 Å². The molecule has 2 aliphatic rings. The van der Waals surface area contributed by atoms with E-state index in [2.05, 4.69) is 25.8 Å². The lowest BCUT2D eigenvalue weighted by Gasteiger charge is -2.38. The predicted molar refractivity (Wildman–Crippen MR) is 79.3 cm³/mol. The van der Waals surface area contributed by atoms with Crippen LogP contribution >= 0.6 is 0 Å². The van der Waals surface area contributed by atoms with Gasteiger partial charge in [0.15, 0.2) is 0 Å². The molecular weight excluding hydrogens is 288 g/mol. The third kappa shape index (κ3) is 2.07. The lowest BCUT2D eigenvalue weighted by molar-refractivity contribution is 0.0253. The molecule has 0 aromatic carbocycles. The van der Waals surface area contributed by atoms with Crippen LogP contribution in [0.15, 0.2) is 23.2 Å². The first-order valence-corrected chi connectivity index (χ1v) is 8.85. The van der Waals surface area contributed by atoms with E-state index in [1.807, 2.05) is 0 Å². The molecule has 2 bridgehead atoms. The second-order valence-corrected chi connectivity index (χ2v) is 8.60. The third-order valence-corrected chi connectivity index (χ3v) is 6.93. The average molecular weight is 310 g/mol. The molecule has 2 aliphatic carbocycles. The number of hydrogen-bond acceptors (Lipinski definition) is 4. The van der Waals surface area contributed by atoms with Gasteiger partial charge in [-0.05, 0) is 42.7 Å². The van der Waals surface area contributed by atoms with Crippen molar-refractivity contribution in [2.24, 2.45) is 21.9 Å². The van der Waals surface area contributed by atoms with Gasteiger partial charge in [-0.15, -0.1) is 0 Å². The van der Waals surface area contributed by atoms with Crippen molar-refractivity contribution in [3.63, 3.8) is 0 Å². The fraction of sp³-hybridized carbons (Fsp3) is 0.667. The zero-order valence-corrected chi connectivity index (χ0v) is 13.5. The molecule has 0 saturated heterocycles. The van der Waals surface area contributed by atoms with Crippen LogP contribution in [-0.4, -0.2) is 19.5 Å². The highest BCUT2D eigenvalue weighted by molar-refractivity contribution is 7.89. The highest BCUT2D eigenvalue weighted by Gasteiger charge is 2.62. The van der Waals surface area contributed by atoms with Crippen LogP contribution in [0.3, 0.4) is 0 Å². The van der Waals surface area contributed by atoms with Crippen molar-refractivity contribution in [3.05, 3.63) is 18.3 Å². The van der Waals surface area contributed by atoms with Crippen LogP contribution in [0.2, 0.25) is 0 Å². The monoisotopic (exact) mass is 310 g/mol. The Morgan fingerprint density at radius 3 is 2.62 bits per heavy atom. The number of aromatic nitrogens is 1. The van der Waals surface area contributed by atoms with E-state index in [1.165, 1.54) is 18.7 Å². The molecule has 2 N–H and O–H groups in total. The predicted octanol–water partition coefficient (Wildman–Crippen LogP) is 2.32. The van der Waals surface area contributed by atoms with Crippen molar-refractivity contribution in [2.45, 2.75) is 51.0 Å². The fourth-order valence-electron chi connectivity index (χ4n) is 4.12. The summed E-state index contributed by atoms with van der Waals surface area (Å²) in [6.45, 7) is 6.81. The largest absolute Gasteiger partial charge is 0.473 e. The summed E-state index contributed by atoms with van der Waals surface area (Å²) in [7, 11) is -3.82. The Morgan fingerprint density at radius 2 is 2.10 bits per heavy atom. The topological polar surface area (TPSA) is 82.3 Å². The lowest BCUT2D eigenvalue weighted by Crippen LogP contribution is -2.39. The van der Waals surface area contributed by atoms with Gasteiger partial charge in [-0.3, -0.25) is 0 Å². The van der Waals surface area contributed by atoms with Gasteiger partial charge >= 0.3 is 0 Å². The number of hydrogen-bond donors (Lipinski definition) is 1. The number of fused-ring (bicyclic) bond motifs is 2. The van der Waals surface area contributed by atoms with E-state index < -0.39 is 10.0 Å². The number of primary sulfonamides is 1. The van der Waals surface area contributed by atoms with E-state index in [0.29, 0.717) is 5.92 Å². The molecule has 0 radical (unpaired) electrons. The molecule has 1 heterocycles. The van der Waals surface area contributed by atoms with Gasteiger partial charge < -0.3 is 4.74 Å². The van der Waals surface area contributed by atoms with Crippen LogP contribution in [-0.2, 0) is 10.0 Å². The van der Waals surface area contributed by atoms with Crippen molar-refractivity contribution < 1.29 is 13.2 Å². The quantitative estimate of drug-likeness (QED) is 0.929. The van der Waals surface area contributed by atoms with Gasteiger partial charge in [0.25, 0.3) is 0 Å². The van der Waals surface area contributed by atoms with Crippen molar-refractivity contribution >= 4 is 10.0 Å². The second kappa shape index (κ2) is 4.43. The molecule has 0 aliphatic heterocycles. The fourth-order valence-corrected chi connectivity index (χ4v) is 4.74. The average Bonchev–Trinajstić information content (AvgIpc) is 2.71. The van der Waals surface area contributed by atoms with Crippen molar-refractivity contribution in [2.75, 3.05) is 0 Å². The first-order valence-electron chi connectivity index (χ1n) is 7.31. The molecule has 0 amide bonds. The summed E-state index contributed by atoms with van der Waals surface area (Å²) >= 11 is 0. The minimum absolute atomic E-state index is 0.0124. The number of nitrogens with zero attached hydrogens (tertiary/aromatic N) is 1.